The van der Waals surface area contributed by atoms with Gasteiger partial charge in [-0.15, -0.1) is 21.5 Å². The second-order valence-electron chi connectivity index (χ2n) is 7.35. The summed E-state index contributed by atoms with van der Waals surface area (Å²) in [7, 11) is 1.65. The van der Waals surface area contributed by atoms with E-state index in [9.17, 15) is 4.79 Å². The highest BCUT2D eigenvalue weighted by Crippen LogP contribution is 2.27. The van der Waals surface area contributed by atoms with Gasteiger partial charge in [0, 0.05) is 35.5 Å². The maximum atomic E-state index is 12.3. The summed E-state index contributed by atoms with van der Waals surface area (Å²) >= 11 is 2.99. The zero-order valence-corrected chi connectivity index (χ0v) is 19.6. The van der Waals surface area contributed by atoms with E-state index in [0.29, 0.717) is 10.7 Å². The molecule has 0 saturated heterocycles. The highest BCUT2D eigenvalue weighted by molar-refractivity contribution is 7.98. The van der Waals surface area contributed by atoms with Crippen LogP contribution in [-0.2, 0) is 18.7 Å². The SMILES string of the molecule is COc1ccc(-c2nnc(SCc3cc(=O)n4ccsc4n3)n2CCc2ccccc2)cc1. The van der Waals surface area contributed by atoms with Crippen molar-refractivity contribution in [3.05, 3.63) is 93.9 Å². The molecule has 5 rings (SSSR count). The number of hydrogen-bond donors (Lipinski definition) is 0. The van der Waals surface area contributed by atoms with E-state index in [-0.39, 0.29) is 5.56 Å². The molecule has 0 spiro atoms. The summed E-state index contributed by atoms with van der Waals surface area (Å²) in [5, 5.41) is 11.6. The van der Waals surface area contributed by atoms with Crippen LogP contribution in [0.5, 0.6) is 5.75 Å². The van der Waals surface area contributed by atoms with E-state index in [1.807, 2.05) is 47.8 Å². The fourth-order valence-corrected chi connectivity index (χ4v) is 5.13. The first-order valence-corrected chi connectivity index (χ1v) is 12.3. The second-order valence-corrected chi connectivity index (χ2v) is 9.17. The van der Waals surface area contributed by atoms with Crippen molar-refractivity contribution in [2.45, 2.75) is 23.9 Å². The molecule has 0 radical (unpaired) electrons. The van der Waals surface area contributed by atoms with E-state index in [1.165, 1.54) is 28.7 Å². The predicted octanol–water partition coefficient (Wildman–Crippen LogP) is 4.56. The van der Waals surface area contributed by atoms with E-state index < -0.39 is 0 Å². The fraction of sp³-hybridized carbons (Fsp3) is 0.167. The van der Waals surface area contributed by atoms with Gasteiger partial charge in [0.25, 0.3) is 5.56 Å². The van der Waals surface area contributed by atoms with Gasteiger partial charge in [-0.05, 0) is 36.2 Å². The Morgan fingerprint density at radius 3 is 2.67 bits per heavy atom. The van der Waals surface area contributed by atoms with Crippen LogP contribution in [0.1, 0.15) is 11.3 Å². The minimum atomic E-state index is -0.0682. The summed E-state index contributed by atoms with van der Waals surface area (Å²) < 4.78 is 8.98. The summed E-state index contributed by atoms with van der Waals surface area (Å²) in [5.41, 5.74) is 2.89. The first-order chi connectivity index (χ1) is 16.2. The maximum Gasteiger partial charge on any atom is 0.258 e. The number of rotatable bonds is 8. The molecule has 33 heavy (non-hydrogen) atoms. The summed E-state index contributed by atoms with van der Waals surface area (Å²) in [6.07, 6.45) is 2.60. The van der Waals surface area contributed by atoms with Crippen LogP contribution < -0.4 is 10.3 Å². The molecule has 0 amide bonds. The Bertz CT molecular complexity index is 1430. The van der Waals surface area contributed by atoms with Gasteiger partial charge in [-0.3, -0.25) is 9.20 Å². The Morgan fingerprint density at radius 2 is 1.88 bits per heavy atom. The van der Waals surface area contributed by atoms with Gasteiger partial charge >= 0.3 is 0 Å². The van der Waals surface area contributed by atoms with E-state index in [0.717, 1.165) is 41.0 Å². The molecule has 2 aromatic carbocycles. The Balaban J connectivity index is 1.43. The molecule has 0 aliphatic rings. The first kappa shape index (κ1) is 21.4. The Morgan fingerprint density at radius 1 is 1.06 bits per heavy atom. The second kappa shape index (κ2) is 9.60. The predicted molar refractivity (Wildman–Crippen MR) is 131 cm³/mol. The Labute approximate surface area is 198 Å². The minimum absolute atomic E-state index is 0.0682. The average molecular weight is 476 g/mol. The molecule has 0 fully saturated rings. The lowest BCUT2D eigenvalue weighted by Gasteiger charge is -2.11. The molecule has 3 aromatic heterocycles. The van der Waals surface area contributed by atoms with Crippen molar-refractivity contribution in [2.24, 2.45) is 0 Å². The topological polar surface area (TPSA) is 74.3 Å². The lowest BCUT2D eigenvalue weighted by molar-refractivity contribution is 0.415. The van der Waals surface area contributed by atoms with Crippen molar-refractivity contribution >= 4 is 28.1 Å². The normalized spacial score (nSPS) is 11.2. The monoisotopic (exact) mass is 475 g/mol. The van der Waals surface area contributed by atoms with Crippen LogP contribution in [0.4, 0.5) is 0 Å². The molecule has 7 nitrogen and oxygen atoms in total. The molecular formula is C24H21N5O2S2. The highest BCUT2D eigenvalue weighted by atomic mass is 32.2. The standard InChI is InChI=1S/C24H21N5O2S2/c1-31-20-9-7-18(8-10-20)22-26-27-24(29(22)12-11-17-5-3-2-4-6-17)33-16-19-15-21(30)28-13-14-32-23(28)25-19/h2-10,13-15H,11-12,16H2,1H3. The van der Waals surface area contributed by atoms with Gasteiger partial charge in [0.05, 0.1) is 12.8 Å². The number of hydrogen-bond acceptors (Lipinski definition) is 7. The van der Waals surface area contributed by atoms with Crippen LogP contribution in [-0.4, -0.2) is 31.3 Å². The van der Waals surface area contributed by atoms with Crippen LogP contribution in [0.3, 0.4) is 0 Å². The van der Waals surface area contributed by atoms with E-state index >= 15 is 0 Å². The zero-order valence-electron chi connectivity index (χ0n) is 17.9. The van der Waals surface area contributed by atoms with Crippen LogP contribution in [0.25, 0.3) is 16.3 Å². The summed E-state index contributed by atoms with van der Waals surface area (Å²) in [6, 6.07) is 19.8. The largest absolute Gasteiger partial charge is 0.497 e. The number of thiazole rings is 1. The van der Waals surface area contributed by atoms with Gasteiger partial charge in [0.15, 0.2) is 15.9 Å². The molecular weight excluding hydrogens is 454 g/mol. The van der Waals surface area contributed by atoms with Gasteiger partial charge in [0.2, 0.25) is 0 Å². The molecule has 9 heteroatoms. The van der Waals surface area contributed by atoms with Crippen molar-refractivity contribution in [1.82, 2.24) is 24.1 Å². The van der Waals surface area contributed by atoms with Gasteiger partial charge in [-0.25, -0.2) is 4.98 Å². The number of benzene rings is 2. The third-order valence-corrected chi connectivity index (χ3v) is 6.99. The summed E-state index contributed by atoms with van der Waals surface area (Å²) in [6.45, 7) is 0.737. The molecule has 0 aliphatic carbocycles. The smallest absolute Gasteiger partial charge is 0.258 e. The van der Waals surface area contributed by atoms with Crippen molar-refractivity contribution in [3.8, 4) is 17.1 Å². The molecule has 5 aromatic rings. The summed E-state index contributed by atoms with van der Waals surface area (Å²) in [5.74, 6) is 2.14. The van der Waals surface area contributed by atoms with Crippen LogP contribution >= 0.6 is 23.1 Å². The third-order valence-electron chi connectivity index (χ3n) is 5.24. The van der Waals surface area contributed by atoms with Crippen molar-refractivity contribution in [3.63, 3.8) is 0 Å². The molecule has 0 atom stereocenters. The molecule has 0 bridgehead atoms. The lowest BCUT2D eigenvalue weighted by atomic mass is 10.1. The number of aryl methyl sites for hydroxylation is 1. The van der Waals surface area contributed by atoms with Crippen molar-refractivity contribution < 1.29 is 4.74 Å². The first-order valence-electron chi connectivity index (χ1n) is 10.4. The minimum Gasteiger partial charge on any atom is -0.497 e. The lowest BCUT2D eigenvalue weighted by Crippen LogP contribution is -2.12. The van der Waals surface area contributed by atoms with Gasteiger partial charge in [-0.2, -0.15) is 0 Å². The fourth-order valence-electron chi connectivity index (χ4n) is 3.54. The molecule has 0 aliphatic heterocycles. The Hall–Kier alpha value is -3.43. The van der Waals surface area contributed by atoms with Gasteiger partial charge in [-0.1, -0.05) is 42.1 Å². The van der Waals surface area contributed by atoms with Crippen LogP contribution in [0.2, 0.25) is 0 Å². The Kier molecular flexibility index (Phi) is 6.23. The summed E-state index contributed by atoms with van der Waals surface area (Å²) in [4.78, 5) is 17.6. The van der Waals surface area contributed by atoms with Gasteiger partial charge < -0.3 is 9.30 Å². The number of aromatic nitrogens is 5. The average Bonchev–Trinajstić information content (AvgIpc) is 3.49. The molecule has 3 heterocycles. The number of nitrogens with zero attached hydrogens (tertiary/aromatic N) is 5. The zero-order chi connectivity index (χ0) is 22.6. The van der Waals surface area contributed by atoms with Crippen LogP contribution in [0.15, 0.2) is 82.2 Å². The molecule has 166 valence electrons. The number of ether oxygens (including phenoxy) is 1. The maximum absolute atomic E-state index is 12.3. The molecule has 0 unspecified atom stereocenters. The number of fused-ring (bicyclic) bond motifs is 1. The molecule has 0 N–H and O–H groups in total. The van der Waals surface area contributed by atoms with E-state index in [4.69, 9.17) is 4.74 Å². The molecule has 0 saturated carbocycles. The number of thioether (sulfide) groups is 1. The number of methoxy groups -OCH3 is 1. The van der Waals surface area contributed by atoms with Crippen LogP contribution in [0, 0.1) is 0 Å². The third kappa shape index (κ3) is 4.69. The highest BCUT2D eigenvalue weighted by Gasteiger charge is 2.16. The van der Waals surface area contributed by atoms with E-state index in [1.54, 1.807) is 23.8 Å². The van der Waals surface area contributed by atoms with E-state index in [2.05, 4.69) is 31.9 Å². The quantitative estimate of drug-likeness (QED) is 0.306. The van der Waals surface area contributed by atoms with Crippen molar-refractivity contribution in [2.75, 3.05) is 7.11 Å². The van der Waals surface area contributed by atoms with Crippen molar-refractivity contribution in [1.29, 1.82) is 0 Å². The van der Waals surface area contributed by atoms with Gasteiger partial charge in [0.1, 0.15) is 5.75 Å².